The minimum Gasteiger partial charge on any atom is -0.338 e. The van der Waals surface area contributed by atoms with Gasteiger partial charge in [-0.05, 0) is 6.07 Å². The maximum Gasteiger partial charge on any atom is 0.225 e. The predicted molar refractivity (Wildman–Crippen MR) is 89.3 cm³/mol. The van der Waals surface area contributed by atoms with E-state index in [1.807, 2.05) is 11.0 Å². The van der Waals surface area contributed by atoms with E-state index in [-0.39, 0.29) is 17.2 Å². The van der Waals surface area contributed by atoms with Gasteiger partial charge in [-0.1, -0.05) is 18.2 Å². The molecule has 5 nitrogen and oxygen atoms in total. The Hall–Kier alpha value is -1.77. The van der Waals surface area contributed by atoms with Crippen molar-refractivity contribution in [1.29, 1.82) is 0 Å². The average Bonchev–Trinajstić information content (AvgIpc) is 2.95. The van der Waals surface area contributed by atoms with Crippen molar-refractivity contribution in [2.45, 2.75) is 11.0 Å². The molecule has 2 saturated heterocycles. The Morgan fingerprint density at radius 2 is 2.00 bits per heavy atom. The van der Waals surface area contributed by atoms with Crippen molar-refractivity contribution in [2.24, 2.45) is 11.7 Å². The number of hydrogen-bond acceptors (Lipinski definition) is 6. The zero-order valence-corrected chi connectivity index (χ0v) is 13.6. The van der Waals surface area contributed by atoms with Crippen molar-refractivity contribution in [3.8, 4) is 0 Å². The molecule has 2 aliphatic rings. The number of anilines is 1. The zero-order valence-electron chi connectivity index (χ0n) is 12.8. The van der Waals surface area contributed by atoms with E-state index >= 15 is 0 Å². The molecule has 2 fully saturated rings. The molecule has 1 aromatic heterocycles. The molecular formula is C16H17F2N5S. The third-order valence-corrected chi connectivity index (χ3v) is 5.77. The van der Waals surface area contributed by atoms with Crippen LogP contribution in [0, 0.1) is 17.6 Å². The Morgan fingerprint density at radius 1 is 1.25 bits per heavy atom. The second kappa shape index (κ2) is 5.94. The van der Waals surface area contributed by atoms with Crippen LogP contribution in [0.25, 0.3) is 0 Å². The van der Waals surface area contributed by atoms with E-state index in [0.29, 0.717) is 24.6 Å². The summed E-state index contributed by atoms with van der Waals surface area (Å²) in [5.41, 5.74) is 5.83. The van der Waals surface area contributed by atoms with Crippen molar-refractivity contribution in [3.05, 3.63) is 53.9 Å². The van der Waals surface area contributed by atoms with Gasteiger partial charge in [-0.3, -0.25) is 5.32 Å². The van der Waals surface area contributed by atoms with Gasteiger partial charge in [-0.25, -0.2) is 18.7 Å². The number of nitrogens with two attached hydrogens (primary N) is 1. The third kappa shape index (κ3) is 2.54. The lowest BCUT2D eigenvalue weighted by Gasteiger charge is -2.42. The second-order valence-electron chi connectivity index (χ2n) is 6.13. The molecule has 0 saturated carbocycles. The first-order valence-corrected chi connectivity index (χ1v) is 8.76. The second-order valence-corrected chi connectivity index (χ2v) is 7.30. The van der Waals surface area contributed by atoms with Crippen LogP contribution in [0.5, 0.6) is 0 Å². The molecule has 4 rings (SSSR count). The Bertz CT molecular complexity index is 744. The molecule has 0 bridgehead atoms. The van der Waals surface area contributed by atoms with Crippen LogP contribution in [-0.4, -0.2) is 34.3 Å². The number of aromatic nitrogens is 2. The number of nitrogens with zero attached hydrogens (tertiary/aromatic N) is 3. The quantitative estimate of drug-likeness (QED) is 0.860. The van der Waals surface area contributed by atoms with Gasteiger partial charge in [-0.2, -0.15) is 0 Å². The highest BCUT2D eigenvalue weighted by Crippen LogP contribution is 2.44. The number of fused-ring (bicyclic) bond motifs is 1. The summed E-state index contributed by atoms with van der Waals surface area (Å²) in [7, 11) is 0. The first kappa shape index (κ1) is 15.7. The zero-order chi connectivity index (χ0) is 16.7. The van der Waals surface area contributed by atoms with E-state index in [0.717, 1.165) is 18.1 Å². The molecule has 3 heterocycles. The summed E-state index contributed by atoms with van der Waals surface area (Å²) in [5, 5.41) is 3.39. The lowest BCUT2D eigenvalue weighted by Crippen LogP contribution is -2.59. The molecule has 3 atom stereocenters. The van der Waals surface area contributed by atoms with Gasteiger partial charge >= 0.3 is 0 Å². The summed E-state index contributed by atoms with van der Waals surface area (Å²) in [6.07, 6.45) is 2.29. The third-order valence-electron chi connectivity index (χ3n) is 4.70. The summed E-state index contributed by atoms with van der Waals surface area (Å²) in [6, 6.07) is 6.77. The average molecular weight is 349 g/mol. The van der Waals surface area contributed by atoms with E-state index in [2.05, 4.69) is 15.3 Å². The molecule has 126 valence electrons. The Morgan fingerprint density at radius 3 is 2.75 bits per heavy atom. The van der Waals surface area contributed by atoms with Crippen LogP contribution >= 0.6 is 11.8 Å². The highest BCUT2D eigenvalue weighted by molar-refractivity contribution is 7.99. The normalized spacial score (nSPS) is 29.5. The lowest BCUT2D eigenvalue weighted by molar-refractivity contribution is 0.265. The van der Waals surface area contributed by atoms with Gasteiger partial charge in [0, 0.05) is 30.3 Å². The van der Waals surface area contributed by atoms with Crippen molar-refractivity contribution in [3.63, 3.8) is 0 Å². The summed E-state index contributed by atoms with van der Waals surface area (Å²) < 4.78 is 27.6. The summed E-state index contributed by atoms with van der Waals surface area (Å²) >= 11 is 1.61. The number of halogens is 2. The van der Waals surface area contributed by atoms with E-state index in [1.54, 1.807) is 23.9 Å². The molecule has 3 N–H and O–H groups in total. The maximum absolute atomic E-state index is 14.5. The summed E-state index contributed by atoms with van der Waals surface area (Å²) in [6.45, 7) is 1.14. The highest BCUT2D eigenvalue weighted by Gasteiger charge is 2.52. The van der Waals surface area contributed by atoms with Crippen molar-refractivity contribution in [1.82, 2.24) is 15.3 Å². The number of nitrogens with one attached hydrogen (secondary N) is 1. The fourth-order valence-electron chi connectivity index (χ4n) is 3.62. The summed E-state index contributed by atoms with van der Waals surface area (Å²) in [5.74, 6) is 0.667. The molecule has 1 unspecified atom stereocenters. The van der Waals surface area contributed by atoms with Gasteiger partial charge in [0.2, 0.25) is 5.95 Å². The molecule has 8 heteroatoms. The first-order valence-electron chi connectivity index (χ1n) is 7.71. The molecule has 0 amide bonds. The number of benzene rings is 1. The first-order chi connectivity index (χ1) is 11.6. The minimum absolute atomic E-state index is 0.146. The van der Waals surface area contributed by atoms with Crippen LogP contribution in [-0.2, 0) is 5.54 Å². The SMILES string of the molecule is NC1N[C@@]2(c3ccccc3F)CN(c3ncc(F)cn3)C[C@H]2CS1. The van der Waals surface area contributed by atoms with Crippen LogP contribution in [0.3, 0.4) is 0 Å². The van der Waals surface area contributed by atoms with Gasteiger partial charge in [-0.15, -0.1) is 11.8 Å². The Balaban J connectivity index is 1.74. The van der Waals surface area contributed by atoms with Crippen LogP contribution in [0.2, 0.25) is 0 Å². The van der Waals surface area contributed by atoms with Gasteiger partial charge in [0.05, 0.1) is 17.9 Å². The number of hydrogen-bond donors (Lipinski definition) is 2. The predicted octanol–water partition coefficient (Wildman–Crippen LogP) is 1.67. The Labute approximate surface area is 142 Å². The molecule has 2 aliphatic heterocycles. The largest absolute Gasteiger partial charge is 0.338 e. The molecule has 0 aliphatic carbocycles. The number of rotatable bonds is 2. The van der Waals surface area contributed by atoms with Crippen molar-refractivity contribution >= 4 is 17.7 Å². The van der Waals surface area contributed by atoms with Gasteiger partial charge in [0.25, 0.3) is 0 Å². The highest BCUT2D eigenvalue weighted by atomic mass is 32.2. The fraction of sp³-hybridized carbons (Fsp3) is 0.375. The van der Waals surface area contributed by atoms with E-state index in [1.165, 1.54) is 6.07 Å². The molecule has 0 radical (unpaired) electrons. The van der Waals surface area contributed by atoms with Crippen LogP contribution in [0.4, 0.5) is 14.7 Å². The molecule has 0 spiro atoms. The van der Waals surface area contributed by atoms with Gasteiger partial charge < -0.3 is 10.6 Å². The van der Waals surface area contributed by atoms with Crippen LogP contribution < -0.4 is 16.0 Å². The van der Waals surface area contributed by atoms with E-state index in [9.17, 15) is 8.78 Å². The van der Waals surface area contributed by atoms with Crippen molar-refractivity contribution < 1.29 is 8.78 Å². The topological polar surface area (TPSA) is 67.1 Å². The lowest BCUT2D eigenvalue weighted by atomic mass is 9.81. The summed E-state index contributed by atoms with van der Waals surface area (Å²) in [4.78, 5) is 10.1. The minimum atomic E-state index is -0.603. The van der Waals surface area contributed by atoms with Crippen LogP contribution in [0.1, 0.15) is 5.56 Å². The van der Waals surface area contributed by atoms with Gasteiger partial charge in [0.1, 0.15) is 11.3 Å². The molecule has 24 heavy (non-hydrogen) atoms. The molecule has 1 aromatic carbocycles. The Kier molecular flexibility index (Phi) is 3.90. The van der Waals surface area contributed by atoms with Crippen LogP contribution in [0.15, 0.2) is 36.7 Å². The fourth-order valence-corrected chi connectivity index (χ4v) is 4.74. The maximum atomic E-state index is 14.5. The van der Waals surface area contributed by atoms with E-state index in [4.69, 9.17) is 5.73 Å². The monoisotopic (exact) mass is 349 g/mol. The smallest absolute Gasteiger partial charge is 0.225 e. The van der Waals surface area contributed by atoms with E-state index < -0.39 is 11.4 Å². The molecular weight excluding hydrogens is 332 g/mol. The molecule has 2 aromatic rings. The number of thioether (sulfide) groups is 1. The van der Waals surface area contributed by atoms with Gasteiger partial charge in [0.15, 0.2) is 5.82 Å². The van der Waals surface area contributed by atoms with Crippen molar-refractivity contribution in [2.75, 3.05) is 23.7 Å². The standard InChI is InChI=1S/C16H17F2N5S/c17-11-5-20-15(21-6-11)23-7-10-8-24-14(19)22-16(10,9-23)12-3-1-2-4-13(12)18/h1-6,10,14,22H,7-9,19H2/t10-,14?,16-/m0/s1.